The summed E-state index contributed by atoms with van der Waals surface area (Å²) in [5.41, 5.74) is -0.598. The van der Waals surface area contributed by atoms with Gasteiger partial charge in [0.25, 0.3) is 0 Å². The Bertz CT molecular complexity index is 315. The molecule has 0 fully saturated rings. The summed E-state index contributed by atoms with van der Waals surface area (Å²) in [5.74, 6) is -0.728. The average Bonchev–Trinajstić information content (AvgIpc) is 1.98. The first kappa shape index (κ1) is 14.4. The van der Waals surface area contributed by atoms with E-state index in [4.69, 9.17) is 0 Å². The molecule has 0 heterocycles. The summed E-state index contributed by atoms with van der Waals surface area (Å²) < 4.78 is 30.4. The van der Waals surface area contributed by atoms with Crippen LogP contribution in [0.25, 0.3) is 0 Å². The molecule has 0 amide bonds. The molecule has 0 aliphatic carbocycles. The minimum Gasteiger partial charge on any atom is -0.465 e. The van der Waals surface area contributed by atoms with Crippen LogP contribution in [0.1, 0.15) is 34.6 Å². The largest absolute Gasteiger partial charge is 0.465 e. The lowest BCUT2D eigenvalue weighted by atomic mass is 10.1. The van der Waals surface area contributed by atoms with Gasteiger partial charge < -0.3 is 4.74 Å². The van der Waals surface area contributed by atoms with Gasteiger partial charge in [0.05, 0.1) is 6.61 Å². The van der Waals surface area contributed by atoms with Crippen molar-refractivity contribution in [1.29, 1.82) is 0 Å². The van der Waals surface area contributed by atoms with Crippen LogP contribution >= 0.6 is 0 Å². The van der Waals surface area contributed by atoms with Crippen LogP contribution in [0.15, 0.2) is 0 Å². The second-order valence-corrected chi connectivity index (χ2v) is 6.29. The van der Waals surface area contributed by atoms with E-state index >= 15 is 0 Å². The number of esters is 1. The highest BCUT2D eigenvalue weighted by Crippen LogP contribution is 2.08. The molecule has 0 aliphatic heterocycles. The monoisotopic (exact) mass is 237 g/mol. The molecule has 0 saturated carbocycles. The van der Waals surface area contributed by atoms with Crippen LogP contribution in [0, 0.1) is 0 Å². The third-order valence-electron chi connectivity index (χ3n) is 1.53. The number of hydrogen-bond donors (Lipinski definition) is 1. The summed E-state index contributed by atoms with van der Waals surface area (Å²) in [6.45, 7) is 8.25. The zero-order valence-electron chi connectivity index (χ0n) is 9.83. The highest BCUT2D eigenvalue weighted by Gasteiger charge is 2.32. The standard InChI is InChI=1S/C9H19NO4S/c1-6-14-8(11)7(2)15(12,13)10-9(3,4)5/h7,10H,6H2,1-5H3. The van der Waals surface area contributed by atoms with Gasteiger partial charge in [0.2, 0.25) is 10.0 Å². The molecule has 90 valence electrons. The van der Waals surface area contributed by atoms with E-state index in [2.05, 4.69) is 9.46 Å². The molecule has 15 heavy (non-hydrogen) atoms. The lowest BCUT2D eigenvalue weighted by Gasteiger charge is -2.22. The van der Waals surface area contributed by atoms with Gasteiger partial charge in [0, 0.05) is 5.54 Å². The van der Waals surface area contributed by atoms with Gasteiger partial charge in [-0.1, -0.05) is 0 Å². The summed E-state index contributed by atoms with van der Waals surface area (Å²) in [6, 6.07) is 0. The van der Waals surface area contributed by atoms with Crippen LogP contribution in [-0.4, -0.2) is 31.8 Å². The maximum absolute atomic E-state index is 11.7. The highest BCUT2D eigenvalue weighted by molar-refractivity contribution is 7.90. The number of hydrogen-bond acceptors (Lipinski definition) is 4. The van der Waals surface area contributed by atoms with Crippen molar-refractivity contribution in [1.82, 2.24) is 4.72 Å². The van der Waals surface area contributed by atoms with E-state index in [-0.39, 0.29) is 6.61 Å². The Hall–Kier alpha value is -0.620. The second-order valence-electron chi connectivity index (χ2n) is 4.29. The number of ether oxygens (including phenoxy) is 1. The lowest BCUT2D eigenvalue weighted by molar-refractivity contribution is -0.142. The summed E-state index contributed by atoms with van der Waals surface area (Å²) in [7, 11) is -3.66. The molecule has 0 aliphatic rings. The Morgan fingerprint density at radius 1 is 1.40 bits per heavy atom. The number of carbonyl (C=O) groups excluding carboxylic acids is 1. The summed E-state index contributed by atoms with van der Waals surface area (Å²) in [6.07, 6.45) is 0. The van der Waals surface area contributed by atoms with Crippen molar-refractivity contribution in [2.75, 3.05) is 6.61 Å². The summed E-state index contributed by atoms with van der Waals surface area (Å²) in [5, 5.41) is -1.18. The second kappa shape index (κ2) is 4.94. The van der Waals surface area contributed by atoms with Crippen molar-refractivity contribution < 1.29 is 17.9 Å². The molecule has 1 atom stereocenters. The highest BCUT2D eigenvalue weighted by atomic mass is 32.2. The maximum Gasteiger partial charge on any atom is 0.325 e. The first-order valence-corrected chi connectivity index (χ1v) is 6.34. The molecule has 5 nitrogen and oxygen atoms in total. The van der Waals surface area contributed by atoms with E-state index in [1.807, 2.05) is 0 Å². The van der Waals surface area contributed by atoms with E-state index in [0.717, 1.165) is 0 Å². The van der Waals surface area contributed by atoms with Crippen LogP contribution in [-0.2, 0) is 19.6 Å². The molecule has 0 radical (unpaired) electrons. The van der Waals surface area contributed by atoms with Gasteiger partial charge in [0.15, 0.2) is 5.25 Å². The number of carbonyl (C=O) groups is 1. The molecular weight excluding hydrogens is 218 g/mol. The number of rotatable bonds is 4. The summed E-state index contributed by atoms with van der Waals surface area (Å²) in [4.78, 5) is 11.2. The predicted octanol–water partition coefficient (Wildman–Crippen LogP) is 0.656. The quantitative estimate of drug-likeness (QED) is 0.729. The normalized spacial score (nSPS) is 14.7. The van der Waals surface area contributed by atoms with Crippen molar-refractivity contribution in [3.63, 3.8) is 0 Å². The van der Waals surface area contributed by atoms with Crippen molar-refractivity contribution in [3.05, 3.63) is 0 Å². The molecule has 0 saturated heterocycles. The van der Waals surface area contributed by atoms with Gasteiger partial charge in [-0.25, -0.2) is 13.1 Å². The Morgan fingerprint density at radius 2 is 1.87 bits per heavy atom. The predicted molar refractivity (Wildman–Crippen MR) is 57.9 cm³/mol. The first-order valence-electron chi connectivity index (χ1n) is 4.79. The van der Waals surface area contributed by atoms with Crippen molar-refractivity contribution in [2.45, 2.75) is 45.4 Å². The van der Waals surface area contributed by atoms with Gasteiger partial charge in [-0.2, -0.15) is 0 Å². The third-order valence-corrected chi connectivity index (χ3v) is 3.55. The topological polar surface area (TPSA) is 72.5 Å². The lowest BCUT2D eigenvalue weighted by Crippen LogP contribution is -2.47. The van der Waals surface area contributed by atoms with Crippen molar-refractivity contribution in [3.8, 4) is 0 Å². The molecule has 1 unspecified atom stereocenters. The van der Waals surface area contributed by atoms with E-state index in [9.17, 15) is 13.2 Å². The first-order chi connectivity index (χ1) is 6.60. The molecule has 0 spiro atoms. The van der Waals surface area contributed by atoms with Crippen molar-refractivity contribution in [2.24, 2.45) is 0 Å². The van der Waals surface area contributed by atoms with Crippen LogP contribution in [0.4, 0.5) is 0 Å². The molecule has 0 aromatic carbocycles. The number of sulfonamides is 1. The van der Waals surface area contributed by atoms with Gasteiger partial charge in [0.1, 0.15) is 0 Å². The van der Waals surface area contributed by atoms with Crippen LogP contribution in [0.5, 0.6) is 0 Å². The summed E-state index contributed by atoms with van der Waals surface area (Å²) >= 11 is 0. The molecule has 0 rings (SSSR count). The average molecular weight is 237 g/mol. The molecule has 6 heteroatoms. The minimum atomic E-state index is -3.66. The van der Waals surface area contributed by atoms with Crippen LogP contribution in [0.3, 0.4) is 0 Å². The molecule has 0 bridgehead atoms. The Kier molecular flexibility index (Phi) is 4.73. The Labute approximate surface area is 91.2 Å². The Balaban J connectivity index is 4.68. The number of nitrogens with one attached hydrogen (secondary N) is 1. The fourth-order valence-electron chi connectivity index (χ4n) is 0.901. The zero-order valence-corrected chi connectivity index (χ0v) is 10.6. The SMILES string of the molecule is CCOC(=O)C(C)S(=O)(=O)NC(C)(C)C. The molecule has 0 aromatic heterocycles. The maximum atomic E-state index is 11.7. The smallest absolute Gasteiger partial charge is 0.325 e. The van der Waals surface area contributed by atoms with E-state index in [1.54, 1.807) is 27.7 Å². The molecular formula is C9H19NO4S. The van der Waals surface area contributed by atoms with Gasteiger partial charge in [-0.3, -0.25) is 4.79 Å². The molecule has 0 aromatic rings. The van der Waals surface area contributed by atoms with Gasteiger partial charge >= 0.3 is 5.97 Å². The van der Waals surface area contributed by atoms with Crippen molar-refractivity contribution >= 4 is 16.0 Å². The van der Waals surface area contributed by atoms with Gasteiger partial charge in [-0.15, -0.1) is 0 Å². The van der Waals surface area contributed by atoms with E-state index in [1.165, 1.54) is 6.92 Å². The Morgan fingerprint density at radius 3 is 2.20 bits per heavy atom. The van der Waals surface area contributed by atoms with Crippen LogP contribution < -0.4 is 4.72 Å². The van der Waals surface area contributed by atoms with E-state index in [0.29, 0.717) is 0 Å². The third kappa shape index (κ3) is 5.13. The molecule has 1 N–H and O–H groups in total. The fraction of sp³-hybridized carbons (Fsp3) is 0.889. The fourth-order valence-corrected chi connectivity index (χ4v) is 2.25. The van der Waals surface area contributed by atoms with Gasteiger partial charge in [-0.05, 0) is 34.6 Å². The van der Waals surface area contributed by atoms with Crippen LogP contribution in [0.2, 0.25) is 0 Å². The van der Waals surface area contributed by atoms with E-state index < -0.39 is 26.8 Å². The zero-order chi connectivity index (χ0) is 12.3. The minimum absolute atomic E-state index is 0.175.